The van der Waals surface area contributed by atoms with Crippen molar-refractivity contribution in [2.75, 3.05) is 26.2 Å². The Balaban J connectivity index is 2.25. The molecule has 0 aromatic carbocycles. The van der Waals surface area contributed by atoms with Gasteiger partial charge in [-0.1, -0.05) is 20.8 Å². The van der Waals surface area contributed by atoms with E-state index in [0.29, 0.717) is 12.0 Å². The van der Waals surface area contributed by atoms with Gasteiger partial charge in [-0.15, -0.1) is 0 Å². The zero-order chi connectivity index (χ0) is 14.7. The van der Waals surface area contributed by atoms with Crippen LogP contribution in [0.15, 0.2) is 0 Å². The molecule has 1 atom stereocenters. The summed E-state index contributed by atoms with van der Waals surface area (Å²) in [5.41, 5.74) is 0.513. The van der Waals surface area contributed by atoms with Crippen molar-refractivity contribution in [3.05, 3.63) is 0 Å². The largest absolute Gasteiger partial charge is 0.390 e. The maximum atomic E-state index is 10.1. The Morgan fingerprint density at radius 1 is 1.11 bits per heavy atom. The first-order chi connectivity index (χ1) is 8.58. The molecule has 0 bridgehead atoms. The molecule has 1 fully saturated rings. The van der Waals surface area contributed by atoms with Gasteiger partial charge in [0, 0.05) is 18.6 Å². The van der Waals surface area contributed by atoms with Gasteiger partial charge in [-0.2, -0.15) is 0 Å². The molecule has 0 aromatic rings. The smallest absolute Gasteiger partial charge is 0.0791 e. The molecule has 0 amide bonds. The molecule has 1 unspecified atom stereocenters. The lowest BCUT2D eigenvalue weighted by Crippen LogP contribution is -2.47. The monoisotopic (exact) mass is 270 g/mol. The molecule has 0 spiro atoms. The van der Waals surface area contributed by atoms with Crippen molar-refractivity contribution in [1.29, 1.82) is 0 Å². The molecule has 1 aliphatic rings. The highest BCUT2D eigenvalue weighted by molar-refractivity contribution is 4.82. The van der Waals surface area contributed by atoms with Crippen LogP contribution in [0, 0.1) is 11.3 Å². The van der Waals surface area contributed by atoms with Gasteiger partial charge in [0.25, 0.3) is 0 Å². The van der Waals surface area contributed by atoms with E-state index in [4.69, 9.17) is 0 Å². The summed E-state index contributed by atoms with van der Waals surface area (Å²) in [6.45, 7) is 17.2. The third-order valence-electron chi connectivity index (χ3n) is 4.15. The Hall–Kier alpha value is -0.120. The molecule has 19 heavy (non-hydrogen) atoms. The number of nitrogens with zero attached hydrogens (tertiary/aromatic N) is 1. The first-order valence-electron chi connectivity index (χ1n) is 7.73. The second-order valence-corrected chi connectivity index (χ2v) is 8.23. The van der Waals surface area contributed by atoms with E-state index in [1.807, 2.05) is 0 Å². The highest BCUT2D eigenvalue weighted by Crippen LogP contribution is 2.34. The molecule has 3 heteroatoms. The van der Waals surface area contributed by atoms with E-state index in [-0.39, 0.29) is 11.6 Å². The first-order valence-corrected chi connectivity index (χ1v) is 7.73. The Kier molecular flexibility index (Phi) is 5.84. The maximum Gasteiger partial charge on any atom is 0.0791 e. The van der Waals surface area contributed by atoms with Crippen LogP contribution in [-0.4, -0.2) is 47.8 Å². The number of nitrogens with one attached hydrogen (secondary N) is 1. The molecule has 0 saturated carbocycles. The molecule has 114 valence electrons. The summed E-state index contributed by atoms with van der Waals surface area (Å²) < 4.78 is 0. The van der Waals surface area contributed by atoms with Gasteiger partial charge in [-0.25, -0.2) is 0 Å². The lowest BCUT2D eigenvalue weighted by molar-refractivity contribution is 0.0628. The Bertz CT molecular complexity index is 257. The van der Waals surface area contributed by atoms with Gasteiger partial charge in [0.2, 0.25) is 0 Å². The Labute approximate surface area is 119 Å². The van der Waals surface area contributed by atoms with Crippen LogP contribution in [0.25, 0.3) is 0 Å². The van der Waals surface area contributed by atoms with Crippen LogP contribution in [0.3, 0.4) is 0 Å². The molecule has 2 N–H and O–H groups in total. The van der Waals surface area contributed by atoms with E-state index < -0.39 is 0 Å². The van der Waals surface area contributed by atoms with Crippen LogP contribution in [0.5, 0.6) is 0 Å². The fourth-order valence-electron chi connectivity index (χ4n) is 2.77. The van der Waals surface area contributed by atoms with Crippen molar-refractivity contribution in [2.24, 2.45) is 11.3 Å². The van der Waals surface area contributed by atoms with Crippen LogP contribution < -0.4 is 5.32 Å². The molecular weight excluding hydrogens is 236 g/mol. The van der Waals surface area contributed by atoms with Gasteiger partial charge >= 0.3 is 0 Å². The van der Waals surface area contributed by atoms with E-state index >= 15 is 0 Å². The molecule has 1 rings (SSSR count). The van der Waals surface area contributed by atoms with E-state index in [9.17, 15) is 5.11 Å². The van der Waals surface area contributed by atoms with E-state index in [1.165, 1.54) is 12.8 Å². The van der Waals surface area contributed by atoms with Crippen molar-refractivity contribution < 1.29 is 5.11 Å². The third-order valence-corrected chi connectivity index (χ3v) is 4.15. The fraction of sp³-hybridized carbons (Fsp3) is 1.00. The van der Waals surface area contributed by atoms with Gasteiger partial charge in [0.05, 0.1) is 6.10 Å². The third kappa shape index (κ3) is 6.73. The number of rotatable bonds is 4. The number of hydrogen-bond donors (Lipinski definition) is 2. The Morgan fingerprint density at radius 3 is 2.05 bits per heavy atom. The molecule has 1 saturated heterocycles. The lowest BCUT2D eigenvalue weighted by atomic mass is 9.75. The summed E-state index contributed by atoms with van der Waals surface area (Å²) in [5, 5.41) is 13.5. The number of likely N-dealkylation sites (tertiary alicyclic amines) is 1. The molecule has 3 nitrogen and oxygen atoms in total. The highest BCUT2D eigenvalue weighted by atomic mass is 16.3. The summed E-state index contributed by atoms with van der Waals surface area (Å²) >= 11 is 0. The number of aliphatic hydroxyl groups excluding tert-OH is 1. The molecule has 1 heterocycles. The SMILES string of the molecule is CC(C)(C)NCC(O)CN1CCC(C(C)(C)C)CC1. The maximum absolute atomic E-state index is 10.1. The average Bonchev–Trinajstić information content (AvgIpc) is 2.25. The van der Waals surface area contributed by atoms with Gasteiger partial charge < -0.3 is 15.3 Å². The summed E-state index contributed by atoms with van der Waals surface area (Å²) in [4.78, 5) is 2.41. The molecule has 0 radical (unpaired) electrons. The van der Waals surface area contributed by atoms with Gasteiger partial charge in [0.15, 0.2) is 0 Å². The van der Waals surface area contributed by atoms with Crippen LogP contribution in [-0.2, 0) is 0 Å². The lowest BCUT2D eigenvalue weighted by Gasteiger charge is -2.39. The molecule has 0 aromatic heterocycles. The predicted molar refractivity (Wildman–Crippen MR) is 82.4 cm³/mol. The van der Waals surface area contributed by atoms with Crippen LogP contribution in [0.2, 0.25) is 0 Å². The second kappa shape index (κ2) is 6.55. The standard InChI is InChI=1S/C16H34N2O/c1-15(2,3)13-7-9-18(10-8-13)12-14(19)11-17-16(4,5)6/h13-14,17,19H,7-12H2,1-6H3. The number of hydrogen-bond acceptors (Lipinski definition) is 3. The van der Waals surface area contributed by atoms with Crippen molar-refractivity contribution in [3.8, 4) is 0 Å². The zero-order valence-electron chi connectivity index (χ0n) is 13.8. The predicted octanol–water partition coefficient (Wildman–Crippen LogP) is 2.49. The van der Waals surface area contributed by atoms with Gasteiger partial charge in [-0.05, 0) is 58.0 Å². The minimum atomic E-state index is -0.259. The first kappa shape index (κ1) is 16.9. The van der Waals surface area contributed by atoms with E-state index in [1.54, 1.807) is 0 Å². The average molecular weight is 270 g/mol. The molecule has 0 aliphatic carbocycles. The summed E-state index contributed by atoms with van der Waals surface area (Å²) in [6.07, 6.45) is 2.27. The van der Waals surface area contributed by atoms with Crippen LogP contribution in [0.4, 0.5) is 0 Å². The Morgan fingerprint density at radius 2 is 1.63 bits per heavy atom. The second-order valence-electron chi connectivity index (χ2n) is 8.23. The van der Waals surface area contributed by atoms with Crippen molar-refractivity contribution in [3.63, 3.8) is 0 Å². The van der Waals surface area contributed by atoms with Gasteiger partial charge in [0.1, 0.15) is 0 Å². The fourth-order valence-corrected chi connectivity index (χ4v) is 2.77. The van der Waals surface area contributed by atoms with E-state index in [2.05, 4.69) is 51.8 Å². The molecule has 1 aliphatic heterocycles. The minimum Gasteiger partial charge on any atom is -0.390 e. The van der Waals surface area contributed by atoms with Crippen LogP contribution >= 0.6 is 0 Å². The summed E-state index contributed by atoms with van der Waals surface area (Å²) in [7, 11) is 0. The van der Waals surface area contributed by atoms with Crippen LogP contribution in [0.1, 0.15) is 54.4 Å². The van der Waals surface area contributed by atoms with Crippen molar-refractivity contribution >= 4 is 0 Å². The minimum absolute atomic E-state index is 0.0835. The summed E-state index contributed by atoms with van der Waals surface area (Å²) in [5.74, 6) is 0.827. The highest BCUT2D eigenvalue weighted by Gasteiger charge is 2.29. The quantitative estimate of drug-likeness (QED) is 0.824. The van der Waals surface area contributed by atoms with Gasteiger partial charge in [-0.3, -0.25) is 0 Å². The number of β-amino-alcohol motifs (C(OH)–C–C–N with tert-alkyl or cyclic N) is 1. The van der Waals surface area contributed by atoms with E-state index in [0.717, 1.165) is 25.6 Å². The zero-order valence-corrected chi connectivity index (χ0v) is 13.8. The van der Waals surface area contributed by atoms with Crippen molar-refractivity contribution in [2.45, 2.75) is 66.0 Å². The topological polar surface area (TPSA) is 35.5 Å². The summed E-state index contributed by atoms with van der Waals surface area (Å²) in [6, 6.07) is 0. The molecular formula is C16H34N2O. The van der Waals surface area contributed by atoms with Crippen molar-refractivity contribution in [1.82, 2.24) is 10.2 Å². The normalized spacial score (nSPS) is 21.6. The number of aliphatic hydroxyl groups is 1. The number of piperidine rings is 1.